The Bertz CT molecular complexity index is 1470. The second-order valence-electron chi connectivity index (χ2n) is 9.52. The first-order valence-corrected chi connectivity index (χ1v) is 14.2. The first kappa shape index (κ1) is 29.6. The van der Waals surface area contributed by atoms with Crippen LogP contribution in [0.25, 0.3) is 20.5 Å². The predicted octanol–water partition coefficient (Wildman–Crippen LogP) is 5.54. The summed E-state index contributed by atoms with van der Waals surface area (Å²) < 4.78 is 7.28. The molecule has 0 atom stereocenters. The van der Waals surface area contributed by atoms with Crippen LogP contribution >= 0.6 is 11.3 Å². The van der Waals surface area contributed by atoms with Gasteiger partial charge in [0, 0.05) is 28.9 Å². The topological polar surface area (TPSA) is 128 Å². The average molecular weight is 576 g/mol. The van der Waals surface area contributed by atoms with Crippen LogP contribution in [0.15, 0.2) is 72.8 Å². The third-order valence-corrected chi connectivity index (χ3v) is 7.95. The molecule has 2 amide bonds. The number of rotatable bonds is 8. The molecule has 1 aliphatic heterocycles. The minimum absolute atomic E-state index is 0.219. The number of benzene rings is 3. The molecule has 9 nitrogen and oxygen atoms in total. The molecule has 10 heteroatoms. The van der Waals surface area contributed by atoms with Crippen molar-refractivity contribution >= 4 is 45.1 Å². The SMILES string of the molecule is CNC(=O)Nc1ccc(-c2sc3ccccc3c2Cc2ccc(OCCN3CCCC3)cc2)cc1.O=C(O)C(=O)O. The molecule has 1 saturated heterocycles. The first-order valence-electron chi connectivity index (χ1n) is 13.3. The maximum atomic E-state index is 11.6. The van der Waals surface area contributed by atoms with Crippen LogP contribution in [0.3, 0.4) is 0 Å². The lowest BCUT2D eigenvalue weighted by atomic mass is 9.99. The van der Waals surface area contributed by atoms with Crippen molar-refractivity contribution < 1.29 is 29.3 Å². The van der Waals surface area contributed by atoms with Crippen molar-refractivity contribution in [2.75, 3.05) is 38.6 Å². The largest absolute Gasteiger partial charge is 0.492 e. The van der Waals surface area contributed by atoms with E-state index in [0.717, 1.165) is 36.6 Å². The van der Waals surface area contributed by atoms with Crippen molar-refractivity contribution in [3.8, 4) is 16.2 Å². The number of carbonyl (C=O) groups is 3. The molecule has 214 valence electrons. The molecule has 1 aliphatic rings. The van der Waals surface area contributed by atoms with Gasteiger partial charge in [0.2, 0.25) is 0 Å². The third-order valence-electron chi connectivity index (χ3n) is 6.69. The summed E-state index contributed by atoms with van der Waals surface area (Å²) in [6, 6.07) is 25.0. The quantitative estimate of drug-likeness (QED) is 0.203. The van der Waals surface area contributed by atoms with Crippen molar-refractivity contribution in [1.29, 1.82) is 0 Å². The average Bonchev–Trinajstić information content (AvgIpc) is 3.63. The molecule has 0 spiro atoms. The van der Waals surface area contributed by atoms with E-state index in [4.69, 9.17) is 24.5 Å². The number of carbonyl (C=O) groups excluding carboxylic acids is 1. The molecule has 0 radical (unpaired) electrons. The number of urea groups is 1. The molecule has 1 fully saturated rings. The Hall–Kier alpha value is -4.41. The van der Waals surface area contributed by atoms with Gasteiger partial charge in [0.15, 0.2) is 0 Å². The molecule has 2 heterocycles. The Labute approximate surface area is 242 Å². The number of amides is 2. The van der Waals surface area contributed by atoms with Crippen LogP contribution in [0, 0.1) is 0 Å². The van der Waals surface area contributed by atoms with Crippen molar-refractivity contribution in [2.45, 2.75) is 19.3 Å². The van der Waals surface area contributed by atoms with E-state index in [1.54, 1.807) is 7.05 Å². The van der Waals surface area contributed by atoms with E-state index in [1.165, 1.54) is 52.0 Å². The minimum atomic E-state index is -1.82. The molecule has 1 aromatic heterocycles. The number of thiophene rings is 1. The molecular weight excluding hydrogens is 542 g/mol. The molecule has 0 saturated carbocycles. The zero-order valence-electron chi connectivity index (χ0n) is 22.8. The fraction of sp³-hybridized carbons (Fsp3) is 0.258. The number of nitrogens with one attached hydrogen (secondary N) is 2. The molecule has 0 bridgehead atoms. The number of anilines is 1. The van der Waals surface area contributed by atoms with Gasteiger partial charge in [-0.05, 0) is 84.8 Å². The predicted molar refractivity (Wildman–Crippen MR) is 161 cm³/mol. The van der Waals surface area contributed by atoms with Crippen molar-refractivity contribution in [3.05, 3.63) is 83.9 Å². The molecule has 0 unspecified atom stereocenters. The van der Waals surface area contributed by atoms with Gasteiger partial charge in [0.05, 0.1) is 0 Å². The van der Waals surface area contributed by atoms with Gasteiger partial charge in [-0.3, -0.25) is 4.90 Å². The van der Waals surface area contributed by atoms with Gasteiger partial charge in [-0.2, -0.15) is 0 Å². The Balaban J connectivity index is 0.000000585. The number of aliphatic carboxylic acids is 2. The number of carboxylic acid groups (broad SMARTS) is 2. The molecular formula is C31H33N3O6S. The monoisotopic (exact) mass is 575 g/mol. The first-order chi connectivity index (χ1) is 19.8. The zero-order chi connectivity index (χ0) is 29.2. The number of hydrogen-bond donors (Lipinski definition) is 4. The number of likely N-dealkylation sites (tertiary alicyclic amines) is 1. The lowest BCUT2D eigenvalue weighted by Crippen LogP contribution is -2.25. The normalized spacial score (nSPS) is 12.8. The summed E-state index contributed by atoms with van der Waals surface area (Å²) in [7, 11) is 1.61. The van der Waals surface area contributed by atoms with E-state index < -0.39 is 11.9 Å². The third kappa shape index (κ3) is 8.29. The molecule has 0 aliphatic carbocycles. The smallest absolute Gasteiger partial charge is 0.414 e. The summed E-state index contributed by atoms with van der Waals surface area (Å²) in [5, 5.41) is 21.5. The maximum Gasteiger partial charge on any atom is 0.414 e. The highest BCUT2D eigenvalue weighted by Gasteiger charge is 2.15. The van der Waals surface area contributed by atoms with Gasteiger partial charge < -0.3 is 25.6 Å². The van der Waals surface area contributed by atoms with Gasteiger partial charge in [0.1, 0.15) is 12.4 Å². The van der Waals surface area contributed by atoms with Crippen LogP contribution in [0.5, 0.6) is 5.75 Å². The summed E-state index contributed by atoms with van der Waals surface area (Å²) in [4.78, 5) is 33.6. The number of ether oxygens (including phenoxy) is 1. The summed E-state index contributed by atoms with van der Waals surface area (Å²) in [5.74, 6) is -2.72. The van der Waals surface area contributed by atoms with Crippen LogP contribution in [-0.4, -0.2) is 66.4 Å². The lowest BCUT2D eigenvalue weighted by molar-refractivity contribution is -0.159. The Morgan fingerprint density at radius 2 is 1.56 bits per heavy atom. The van der Waals surface area contributed by atoms with Gasteiger partial charge >= 0.3 is 18.0 Å². The fourth-order valence-corrected chi connectivity index (χ4v) is 5.84. The number of nitrogens with zero attached hydrogens (tertiary/aromatic N) is 1. The van der Waals surface area contributed by atoms with Crippen molar-refractivity contribution in [1.82, 2.24) is 10.2 Å². The van der Waals surface area contributed by atoms with Crippen molar-refractivity contribution in [2.24, 2.45) is 0 Å². The minimum Gasteiger partial charge on any atom is -0.492 e. The molecule has 4 N–H and O–H groups in total. The highest BCUT2D eigenvalue weighted by Crippen LogP contribution is 2.40. The van der Waals surface area contributed by atoms with E-state index >= 15 is 0 Å². The summed E-state index contributed by atoms with van der Waals surface area (Å²) in [6.07, 6.45) is 3.47. The summed E-state index contributed by atoms with van der Waals surface area (Å²) in [5.41, 5.74) is 4.53. The van der Waals surface area contributed by atoms with E-state index in [9.17, 15) is 4.79 Å². The van der Waals surface area contributed by atoms with Crippen LogP contribution in [-0.2, 0) is 16.0 Å². The lowest BCUT2D eigenvalue weighted by Gasteiger charge is -2.15. The van der Waals surface area contributed by atoms with Crippen LogP contribution in [0.1, 0.15) is 24.0 Å². The zero-order valence-corrected chi connectivity index (χ0v) is 23.6. The van der Waals surface area contributed by atoms with Crippen LogP contribution in [0.4, 0.5) is 10.5 Å². The fourth-order valence-electron chi connectivity index (χ4n) is 4.61. The van der Waals surface area contributed by atoms with Gasteiger partial charge in [0.25, 0.3) is 0 Å². The standard InChI is InChI=1S/C29H31N3O2S.C2H2O4/c1-30-29(33)31-23-12-10-22(11-13-23)28-26(25-6-2-3-7-27(25)35-28)20-21-8-14-24(15-9-21)34-19-18-32-16-4-5-17-32;3-1(4)2(5)6/h2-3,6-15H,4-5,16-20H2,1H3,(H2,30,31,33);(H,3,4)(H,5,6). The second-order valence-corrected chi connectivity index (χ2v) is 10.6. The van der Waals surface area contributed by atoms with E-state index in [-0.39, 0.29) is 6.03 Å². The maximum absolute atomic E-state index is 11.6. The number of hydrogen-bond acceptors (Lipinski definition) is 6. The molecule has 5 rings (SSSR count). The van der Waals surface area contributed by atoms with Gasteiger partial charge in [-0.1, -0.05) is 42.5 Å². The Kier molecular flexibility index (Phi) is 10.3. The van der Waals surface area contributed by atoms with Gasteiger partial charge in [-0.25, -0.2) is 14.4 Å². The molecule has 41 heavy (non-hydrogen) atoms. The van der Waals surface area contributed by atoms with E-state index in [2.05, 4.69) is 76.2 Å². The Morgan fingerprint density at radius 1 is 0.902 bits per heavy atom. The number of fused-ring (bicyclic) bond motifs is 1. The second kappa shape index (κ2) is 14.3. The van der Waals surface area contributed by atoms with Crippen molar-refractivity contribution in [3.63, 3.8) is 0 Å². The summed E-state index contributed by atoms with van der Waals surface area (Å²) >= 11 is 1.82. The highest BCUT2D eigenvalue weighted by molar-refractivity contribution is 7.22. The number of carboxylic acids is 2. The summed E-state index contributed by atoms with van der Waals surface area (Å²) in [6.45, 7) is 4.14. The van der Waals surface area contributed by atoms with Gasteiger partial charge in [-0.15, -0.1) is 11.3 Å². The van der Waals surface area contributed by atoms with E-state index in [0.29, 0.717) is 0 Å². The van der Waals surface area contributed by atoms with Crippen LogP contribution < -0.4 is 15.4 Å². The highest BCUT2D eigenvalue weighted by atomic mass is 32.1. The molecule has 3 aromatic carbocycles. The Morgan fingerprint density at radius 3 is 2.20 bits per heavy atom. The van der Waals surface area contributed by atoms with E-state index in [1.807, 2.05) is 23.5 Å². The van der Waals surface area contributed by atoms with Crippen LogP contribution in [0.2, 0.25) is 0 Å². The molecule has 4 aromatic rings.